The molecule has 10 nitrogen and oxygen atoms in total. The summed E-state index contributed by atoms with van der Waals surface area (Å²) in [5.74, 6) is -1.57. The molecule has 1 aromatic carbocycles. The van der Waals surface area contributed by atoms with Crippen LogP contribution in [0.1, 0.15) is 6.42 Å². The molecule has 1 atom stereocenters. The van der Waals surface area contributed by atoms with Crippen molar-refractivity contribution in [3.8, 4) is 0 Å². The maximum absolute atomic E-state index is 12.9. The molecule has 11 heteroatoms. The zero-order valence-corrected chi connectivity index (χ0v) is 17.6. The Hall–Kier alpha value is -2.05. The number of nitrogens with zero attached hydrogens (tertiary/aromatic N) is 2. The van der Waals surface area contributed by atoms with E-state index in [1.807, 2.05) is 0 Å². The highest BCUT2D eigenvalue weighted by atomic mass is 32.2. The smallest absolute Gasteiger partial charge is 0.309 e. The van der Waals surface area contributed by atoms with Crippen molar-refractivity contribution < 1.29 is 27.5 Å². The number of carbonyl (C=O) groups is 2. The maximum Gasteiger partial charge on any atom is 0.309 e. The van der Waals surface area contributed by atoms with Gasteiger partial charge < -0.3 is 20.1 Å². The molecule has 1 aromatic rings. The number of carbonyl (C=O) groups excluding carboxylic acids is 2. The summed E-state index contributed by atoms with van der Waals surface area (Å²) in [6, 6.07) is 8.07. The summed E-state index contributed by atoms with van der Waals surface area (Å²) in [6.45, 7) is 4.46. The molecule has 0 bridgehead atoms. The van der Waals surface area contributed by atoms with Crippen LogP contribution in [0.5, 0.6) is 0 Å². The highest BCUT2D eigenvalue weighted by molar-refractivity contribution is 7.89. The van der Waals surface area contributed by atoms with Gasteiger partial charge in [-0.2, -0.15) is 4.31 Å². The van der Waals surface area contributed by atoms with Crippen molar-refractivity contribution in [2.24, 2.45) is 0 Å². The van der Waals surface area contributed by atoms with E-state index in [9.17, 15) is 18.0 Å². The lowest BCUT2D eigenvalue weighted by molar-refractivity contribution is -0.140. The molecule has 2 saturated heterocycles. The minimum Gasteiger partial charge on any atom is -0.379 e. The summed E-state index contributed by atoms with van der Waals surface area (Å²) < 4.78 is 37.9. The Morgan fingerprint density at radius 1 is 1.00 bits per heavy atom. The van der Waals surface area contributed by atoms with Crippen molar-refractivity contribution in [1.29, 1.82) is 0 Å². The lowest BCUT2D eigenvalue weighted by atomic mass is 10.3. The summed E-state index contributed by atoms with van der Waals surface area (Å²) in [6.07, 6.45) is -0.313. The van der Waals surface area contributed by atoms with Gasteiger partial charge in [-0.15, -0.1) is 0 Å². The molecule has 2 heterocycles. The van der Waals surface area contributed by atoms with E-state index < -0.39 is 28.1 Å². The molecule has 0 spiro atoms. The van der Waals surface area contributed by atoms with Crippen LogP contribution in [-0.2, 0) is 29.1 Å². The van der Waals surface area contributed by atoms with Crippen molar-refractivity contribution in [3.05, 3.63) is 30.3 Å². The van der Waals surface area contributed by atoms with Crippen molar-refractivity contribution in [1.82, 2.24) is 19.8 Å². The van der Waals surface area contributed by atoms with Gasteiger partial charge in [0.1, 0.15) is 6.23 Å². The molecule has 0 aliphatic carbocycles. The lowest BCUT2D eigenvalue weighted by Crippen LogP contribution is -2.53. The first kappa shape index (κ1) is 22.6. The molecule has 0 radical (unpaired) electrons. The van der Waals surface area contributed by atoms with Gasteiger partial charge in [0.25, 0.3) is 0 Å². The summed E-state index contributed by atoms with van der Waals surface area (Å²) >= 11 is 0. The van der Waals surface area contributed by atoms with Crippen molar-refractivity contribution in [2.75, 3.05) is 59.1 Å². The zero-order chi connectivity index (χ0) is 21.4. The number of benzene rings is 1. The van der Waals surface area contributed by atoms with Crippen molar-refractivity contribution in [3.63, 3.8) is 0 Å². The molecule has 30 heavy (non-hydrogen) atoms. The molecular weight excluding hydrogens is 412 g/mol. The first-order chi connectivity index (χ1) is 14.5. The van der Waals surface area contributed by atoms with Crippen LogP contribution >= 0.6 is 0 Å². The van der Waals surface area contributed by atoms with Gasteiger partial charge in [0, 0.05) is 32.7 Å². The Kier molecular flexibility index (Phi) is 8.16. The highest BCUT2D eigenvalue weighted by Crippen LogP contribution is 2.21. The molecule has 1 unspecified atom stereocenters. The van der Waals surface area contributed by atoms with Crippen LogP contribution in [0, 0.1) is 0 Å². The van der Waals surface area contributed by atoms with E-state index in [-0.39, 0.29) is 18.0 Å². The Balaban J connectivity index is 1.49. The number of hydrogen-bond acceptors (Lipinski definition) is 7. The standard InChI is InChI=1S/C19H28N4O6S/c24-18(20-7-9-22-10-13-28-14-11-22)19(25)21-15-17-23(8-4-12-29-17)30(26,27)16-5-2-1-3-6-16/h1-3,5-6,17H,4,7-15H2,(H,20,24)(H,21,25). The fourth-order valence-electron chi connectivity index (χ4n) is 3.32. The molecule has 2 aliphatic rings. The Bertz CT molecular complexity index is 814. The quantitative estimate of drug-likeness (QED) is 0.522. The van der Waals surface area contributed by atoms with Crippen LogP contribution in [0.15, 0.2) is 35.2 Å². The molecule has 2 aliphatic heterocycles. The normalized spacial score (nSPS) is 21.1. The van der Waals surface area contributed by atoms with E-state index in [1.54, 1.807) is 18.2 Å². The van der Waals surface area contributed by atoms with E-state index in [1.165, 1.54) is 16.4 Å². The molecule has 0 aromatic heterocycles. The molecule has 3 rings (SSSR count). The molecule has 2 amide bonds. The lowest BCUT2D eigenvalue weighted by Gasteiger charge is -2.34. The van der Waals surface area contributed by atoms with Crippen molar-refractivity contribution >= 4 is 21.8 Å². The third-order valence-electron chi connectivity index (χ3n) is 4.96. The summed E-state index contributed by atoms with van der Waals surface area (Å²) in [5.41, 5.74) is 0. The minimum absolute atomic E-state index is 0.109. The second-order valence-electron chi connectivity index (χ2n) is 7.03. The SMILES string of the molecule is O=C(NCCN1CCOCC1)C(=O)NCC1OCCCN1S(=O)(=O)c1ccccc1. The fourth-order valence-corrected chi connectivity index (χ4v) is 4.91. The van der Waals surface area contributed by atoms with Crippen molar-refractivity contribution in [2.45, 2.75) is 17.5 Å². The predicted molar refractivity (Wildman–Crippen MR) is 108 cm³/mol. The third kappa shape index (κ3) is 5.99. The number of morpholine rings is 1. The predicted octanol–water partition coefficient (Wildman–Crippen LogP) is -1.01. The van der Waals surface area contributed by atoms with Gasteiger partial charge in [0.05, 0.1) is 31.3 Å². The molecule has 166 valence electrons. The van der Waals surface area contributed by atoms with Gasteiger partial charge in [-0.3, -0.25) is 14.5 Å². The number of amides is 2. The average molecular weight is 441 g/mol. The van der Waals surface area contributed by atoms with Gasteiger partial charge >= 0.3 is 11.8 Å². The maximum atomic E-state index is 12.9. The minimum atomic E-state index is -3.77. The van der Waals surface area contributed by atoms with Gasteiger partial charge in [-0.1, -0.05) is 18.2 Å². The van der Waals surface area contributed by atoms with Crippen LogP contribution in [0.25, 0.3) is 0 Å². The number of rotatable bonds is 7. The van der Waals surface area contributed by atoms with Crippen LogP contribution in [0.3, 0.4) is 0 Å². The highest BCUT2D eigenvalue weighted by Gasteiger charge is 2.34. The first-order valence-corrected chi connectivity index (χ1v) is 11.5. The van der Waals surface area contributed by atoms with E-state index in [0.29, 0.717) is 39.3 Å². The van der Waals surface area contributed by atoms with E-state index in [2.05, 4.69) is 15.5 Å². The van der Waals surface area contributed by atoms with Gasteiger partial charge in [0.2, 0.25) is 10.0 Å². The van der Waals surface area contributed by atoms with E-state index >= 15 is 0 Å². The summed E-state index contributed by atoms with van der Waals surface area (Å²) in [7, 11) is -3.77. The monoisotopic (exact) mass is 440 g/mol. The Labute approximate surface area is 176 Å². The number of sulfonamides is 1. The summed E-state index contributed by atoms with van der Waals surface area (Å²) in [5, 5.41) is 5.06. The van der Waals surface area contributed by atoms with Gasteiger partial charge in [-0.25, -0.2) is 8.42 Å². The Morgan fingerprint density at radius 3 is 2.43 bits per heavy atom. The average Bonchev–Trinajstić information content (AvgIpc) is 2.79. The molecule has 2 fully saturated rings. The van der Waals surface area contributed by atoms with E-state index in [0.717, 1.165) is 13.1 Å². The second kappa shape index (κ2) is 10.8. The molecule has 2 N–H and O–H groups in total. The molecule has 0 saturated carbocycles. The van der Waals surface area contributed by atoms with Crippen LogP contribution in [0.4, 0.5) is 0 Å². The van der Waals surface area contributed by atoms with Crippen LogP contribution in [-0.4, -0.2) is 94.8 Å². The first-order valence-electron chi connectivity index (χ1n) is 10.0. The van der Waals surface area contributed by atoms with Gasteiger partial charge in [-0.05, 0) is 18.6 Å². The third-order valence-corrected chi connectivity index (χ3v) is 6.87. The largest absolute Gasteiger partial charge is 0.379 e. The van der Waals surface area contributed by atoms with Gasteiger partial charge in [0.15, 0.2) is 0 Å². The molecular formula is C19H28N4O6S. The second-order valence-corrected chi connectivity index (χ2v) is 8.92. The zero-order valence-electron chi connectivity index (χ0n) is 16.8. The van der Waals surface area contributed by atoms with E-state index in [4.69, 9.17) is 9.47 Å². The number of hydrogen-bond donors (Lipinski definition) is 2. The number of nitrogens with one attached hydrogen (secondary N) is 2. The number of ether oxygens (including phenoxy) is 2. The summed E-state index contributed by atoms with van der Waals surface area (Å²) in [4.78, 5) is 26.4. The van der Waals surface area contributed by atoms with Crippen LogP contribution in [0.2, 0.25) is 0 Å². The fraction of sp³-hybridized carbons (Fsp3) is 0.579. The Morgan fingerprint density at radius 2 is 1.70 bits per heavy atom. The topological polar surface area (TPSA) is 117 Å². The van der Waals surface area contributed by atoms with Crippen LogP contribution < -0.4 is 10.6 Å².